The number of nitrogens with one attached hydrogen (secondary N) is 1. The third-order valence-corrected chi connectivity index (χ3v) is 4.82. The fraction of sp³-hybridized carbons (Fsp3) is 0.350. The van der Waals surface area contributed by atoms with Gasteiger partial charge in [0.15, 0.2) is 5.78 Å². The molecule has 0 bridgehead atoms. The lowest BCUT2D eigenvalue weighted by molar-refractivity contribution is 0.103. The fourth-order valence-electron chi connectivity index (χ4n) is 3.37. The maximum absolute atomic E-state index is 13.2. The Morgan fingerprint density at radius 3 is 2.76 bits per heavy atom. The van der Waals surface area contributed by atoms with Crippen molar-refractivity contribution in [1.29, 1.82) is 0 Å². The summed E-state index contributed by atoms with van der Waals surface area (Å²) in [5, 5.41) is 12.7. The quantitative estimate of drug-likeness (QED) is 0.586. The van der Waals surface area contributed by atoms with E-state index in [1.165, 1.54) is 0 Å². The monoisotopic (exact) mass is 339 g/mol. The van der Waals surface area contributed by atoms with E-state index in [0.717, 1.165) is 29.9 Å². The first-order valence-corrected chi connectivity index (χ1v) is 8.61. The van der Waals surface area contributed by atoms with Gasteiger partial charge in [-0.05, 0) is 43.2 Å². The Morgan fingerprint density at radius 1 is 1.24 bits per heavy atom. The number of aryl methyl sites for hydroxylation is 2. The average Bonchev–Trinajstić information content (AvgIpc) is 2.64. The van der Waals surface area contributed by atoms with Crippen LogP contribution in [0.1, 0.15) is 27.0 Å². The third kappa shape index (κ3) is 3.52. The molecule has 1 atom stereocenters. The fourth-order valence-corrected chi connectivity index (χ4v) is 3.37. The van der Waals surface area contributed by atoms with Gasteiger partial charge in [-0.1, -0.05) is 18.2 Å². The molecule has 1 saturated heterocycles. The van der Waals surface area contributed by atoms with Crippen molar-refractivity contribution < 1.29 is 9.90 Å². The summed E-state index contributed by atoms with van der Waals surface area (Å²) in [6, 6.07) is 11.4. The summed E-state index contributed by atoms with van der Waals surface area (Å²) < 4.78 is 0. The van der Waals surface area contributed by atoms with Crippen LogP contribution in [-0.4, -0.2) is 43.2 Å². The highest BCUT2D eigenvalue weighted by Gasteiger charge is 2.24. The molecule has 0 amide bonds. The second kappa shape index (κ2) is 7.25. The number of aliphatic hydroxyl groups excluding tert-OH is 1. The zero-order valence-corrected chi connectivity index (χ0v) is 14.7. The van der Waals surface area contributed by atoms with Crippen molar-refractivity contribution in [3.63, 3.8) is 0 Å². The van der Waals surface area contributed by atoms with Crippen molar-refractivity contribution in [3.8, 4) is 0 Å². The number of aliphatic hydroxyl groups is 1. The van der Waals surface area contributed by atoms with Crippen molar-refractivity contribution in [3.05, 3.63) is 58.7 Å². The van der Waals surface area contributed by atoms with E-state index in [-0.39, 0.29) is 18.4 Å². The molecule has 0 aromatic heterocycles. The SMILES string of the molecule is Cc1cc(C)c(C(=O)c2ccccc2N2CCNC(CO)C2)cc1N. The highest BCUT2D eigenvalue weighted by molar-refractivity contribution is 6.13. The maximum atomic E-state index is 13.2. The number of hydrogen-bond acceptors (Lipinski definition) is 5. The molecule has 3 rings (SSSR count). The second-order valence-electron chi connectivity index (χ2n) is 6.65. The number of nitrogens with two attached hydrogens (primary N) is 1. The van der Waals surface area contributed by atoms with Gasteiger partial charge in [-0.2, -0.15) is 0 Å². The highest BCUT2D eigenvalue weighted by atomic mass is 16.3. The lowest BCUT2D eigenvalue weighted by Gasteiger charge is -2.35. The predicted octanol–water partition coefficient (Wildman–Crippen LogP) is 1.89. The number of rotatable bonds is 4. The third-order valence-electron chi connectivity index (χ3n) is 4.82. The first-order chi connectivity index (χ1) is 12.0. The molecule has 0 aliphatic carbocycles. The highest BCUT2D eigenvalue weighted by Crippen LogP contribution is 2.27. The van der Waals surface area contributed by atoms with Gasteiger partial charge in [0.25, 0.3) is 0 Å². The van der Waals surface area contributed by atoms with Gasteiger partial charge in [-0.25, -0.2) is 0 Å². The molecule has 4 N–H and O–H groups in total. The van der Waals surface area contributed by atoms with Crippen LogP contribution < -0.4 is 16.0 Å². The van der Waals surface area contributed by atoms with Gasteiger partial charge in [0.05, 0.1) is 6.61 Å². The molecule has 5 heteroatoms. The van der Waals surface area contributed by atoms with Gasteiger partial charge in [0.2, 0.25) is 0 Å². The summed E-state index contributed by atoms with van der Waals surface area (Å²) in [5.41, 5.74) is 10.8. The van der Waals surface area contributed by atoms with Gasteiger partial charge in [0, 0.05) is 48.2 Å². The first-order valence-electron chi connectivity index (χ1n) is 8.61. The van der Waals surface area contributed by atoms with Gasteiger partial charge in [-0.3, -0.25) is 4.79 Å². The van der Waals surface area contributed by atoms with E-state index in [9.17, 15) is 9.90 Å². The summed E-state index contributed by atoms with van der Waals surface area (Å²) >= 11 is 0. The van der Waals surface area contributed by atoms with Crippen molar-refractivity contribution in [2.75, 3.05) is 36.9 Å². The molecular weight excluding hydrogens is 314 g/mol. The zero-order chi connectivity index (χ0) is 18.0. The Morgan fingerprint density at radius 2 is 2.00 bits per heavy atom. The largest absolute Gasteiger partial charge is 0.398 e. The van der Waals surface area contributed by atoms with Crippen LogP contribution in [0.25, 0.3) is 0 Å². The molecular formula is C20H25N3O2. The minimum absolute atomic E-state index is 0.0149. The number of carbonyl (C=O) groups excluding carboxylic acids is 1. The summed E-state index contributed by atoms with van der Waals surface area (Å²) in [6.45, 7) is 6.23. The van der Waals surface area contributed by atoms with Gasteiger partial charge >= 0.3 is 0 Å². The Hall–Kier alpha value is -2.37. The molecule has 0 saturated carbocycles. The van der Waals surface area contributed by atoms with Crippen molar-refractivity contribution in [2.24, 2.45) is 0 Å². The van der Waals surface area contributed by atoms with Crippen LogP contribution in [0.3, 0.4) is 0 Å². The number of carbonyl (C=O) groups is 1. The summed E-state index contributed by atoms with van der Waals surface area (Å²) in [7, 11) is 0. The standard InChI is InChI=1S/C20H25N3O2/c1-13-9-14(2)18(21)10-17(13)20(25)16-5-3-4-6-19(16)23-8-7-22-15(11-23)12-24/h3-6,9-10,15,22,24H,7-8,11-12,21H2,1-2H3. The van der Waals surface area contributed by atoms with Gasteiger partial charge in [0.1, 0.15) is 0 Å². The topological polar surface area (TPSA) is 78.6 Å². The van der Waals surface area contributed by atoms with Crippen molar-refractivity contribution in [2.45, 2.75) is 19.9 Å². The lowest BCUT2D eigenvalue weighted by Crippen LogP contribution is -2.52. The molecule has 2 aromatic rings. The number of para-hydroxylation sites is 1. The van der Waals surface area contributed by atoms with Crippen LogP contribution in [0.15, 0.2) is 36.4 Å². The molecule has 1 aliphatic heterocycles. The van der Waals surface area contributed by atoms with E-state index in [2.05, 4.69) is 10.2 Å². The van der Waals surface area contributed by atoms with E-state index in [4.69, 9.17) is 5.73 Å². The molecule has 0 radical (unpaired) electrons. The zero-order valence-electron chi connectivity index (χ0n) is 14.7. The average molecular weight is 339 g/mol. The predicted molar refractivity (Wildman–Crippen MR) is 101 cm³/mol. The number of nitrogen functional groups attached to an aromatic ring is 1. The number of nitrogens with zero attached hydrogens (tertiary/aromatic N) is 1. The Kier molecular flexibility index (Phi) is 5.06. The van der Waals surface area contributed by atoms with Crippen LogP contribution in [0.5, 0.6) is 0 Å². The van der Waals surface area contributed by atoms with Crippen molar-refractivity contribution in [1.82, 2.24) is 5.32 Å². The van der Waals surface area contributed by atoms with Crippen LogP contribution in [0, 0.1) is 13.8 Å². The van der Waals surface area contributed by atoms with E-state index in [1.807, 2.05) is 44.2 Å². The van der Waals surface area contributed by atoms with Crippen LogP contribution in [-0.2, 0) is 0 Å². The molecule has 25 heavy (non-hydrogen) atoms. The molecule has 0 spiro atoms. The van der Waals surface area contributed by atoms with Gasteiger partial charge in [-0.15, -0.1) is 0 Å². The molecule has 1 heterocycles. The van der Waals surface area contributed by atoms with Gasteiger partial charge < -0.3 is 21.1 Å². The number of anilines is 2. The summed E-state index contributed by atoms with van der Waals surface area (Å²) in [6.07, 6.45) is 0. The lowest BCUT2D eigenvalue weighted by atomic mass is 9.95. The van der Waals surface area contributed by atoms with E-state index in [1.54, 1.807) is 6.07 Å². The number of benzene rings is 2. The Balaban J connectivity index is 1.98. The van der Waals surface area contributed by atoms with Crippen molar-refractivity contribution >= 4 is 17.2 Å². The molecule has 1 unspecified atom stereocenters. The summed E-state index contributed by atoms with van der Waals surface area (Å²) in [4.78, 5) is 15.4. The van der Waals surface area contributed by atoms with Crippen LogP contribution in [0.2, 0.25) is 0 Å². The van der Waals surface area contributed by atoms with E-state index in [0.29, 0.717) is 23.4 Å². The smallest absolute Gasteiger partial charge is 0.195 e. The number of ketones is 1. The summed E-state index contributed by atoms with van der Waals surface area (Å²) in [5.74, 6) is -0.0149. The van der Waals surface area contributed by atoms with E-state index < -0.39 is 0 Å². The minimum atomic E-state index is -0.0149. The Labute approximate surface area is 148 Å². The van der Waals surface area contributed by atoms with E-state index >= 15 is 0 Å². The maximum Gasteiger partial charge on any atom is 0.195 e. The number of hydrogen-bond donors (Lipinski definition) is 3. The Bertz CT molecular complexity index is 789. The molecule has 2 aromatic carbocycles. The second-order valence-corrected chi connectivity index (χ2v) is 6.65. The molecule has 132 valence electrons. The number of piperazine rings is 1. The molecule has 5 nitrogen and oxygen atoms in total. The minimum Gasteiger partial charge on any atom is -0.398 e. The molecule has 1 fully saturated rings. The molecule has 1 aliphatic rings. The first kappa shape index (κ1) is 17.5. The van der Waals surface area contributed by atoms with Crippen LogP contribution in [0.4, 0.5) is 11.4 Å². The van der Waals surface area contributed by atoms with Crippen LogP contribution >= 0.6 is 0 Å². The normalized spacial score (nSPS) is 17.6.